The number of amides is 2. The van der Waals surface area contributed by atoms with E-state index in [4.69, 9.17) is 0 Å². The molecule has 0 spiro atoms. The third-order valence-corrected chi connectivity index (χ3v) is 3.55. The predicted molar refractivity (Wildman–Crippen MR) is 84.1 cm³/mol. The van der Waals surface area contributed by atoms with E-state index in [0.717, 1.165) is 10.0 Å². The summed E-state index contributed by atoms with van der Waals surface area (Å²) in [4.78, 5) is 28.2. The van der Waals surface area contributed by atoms with Gasteiger partial charge in [-0.1, -0.05) is 12.1 Å². The number of hydrogen-bond acceptors (Lipinski definition) is 2. The normalized spacial score (nSPS) is 10.2. The van der Waals surface area contributed by atoms with Crippen LogP contribution in [0.3, 0.4) is 0 Å². The van der Waals surface area contributed by atoms with Gasteiger partial charge in [0.05, 0.1) is 0 Å². The van der Waals surface area contributed by atoms with Crippen molar-refractivity contribution in [1.29, 1.82) is 0 Å². The first kappa shape index (κ1) is 15.3. The maximum atomic E-state index is 12.2. The van der Waals surface area contributed by atoms with Crippen LogP contribution < -0.4 is 5.32 Å². The van der Waals surface area contributed by atoms with Gasteiger partial charge < -0.3 is 15.2 Å². The van der Waals surface area contributed by atoms with E-state index in [1.165, 1.54) is 0 Å². The van der Waals surface area contributed by atoms with Crippen molar-refractivity contribution in [3.05, 3.63) is 57.8 Å². The van der Waals surface area contributed by atoms with Crippen LogP contribution in [0.15, 0.2) is 41.0 Å². The van der Waals surface area contributed by atoms with Crippen LogP contribution in [0.25, 0.3) is 0 Å². The fraction of sp³-hybridized carbons (Fsp3) is 0.200. The van der Waals surface area contributed by atoms with E-state index in [2.05, 4.69) is 26.2 Å². The number of nitrogens with one attached hydrogen (secondary N) is 2. The SMILES string of the molecule is CNC(=O)c1ccc(CN(C)C(=O)c2cc(Br)c[nH]2)cc1. The van der Waals surface area contributed by atoms with Gasteiger partial charge >= 0.3 is 0 Å². The number of aromatic nitrogens is 1. The Hall–Kier alpha value is -2.08. The number of halogens is 1. The van der Waals surface area contributed by atoms with Crippen LogP contribution >= 0.6 is 15.9 Å². The zero-order valence-corrected chi connectivity index (χ0v) is 13.4. The van der Waals surface area contributed by atoms with Crippen LogP contribution in [-0.4, -0.2) is 35.8 Å². The van der Waals surface area contributed by atoms with E-state index in [-0.39, 0.29) is 11.8 Å². The van der Waals surface area contributed by atoms with Gasteiger partial charge in [-0.15, -0.1) is 0 Å². The topological polar surface area (TPSA) is 65.2 Å². The number of carbonyl (C=O) groups excluding carboxylic acids is 2. The molecule has 2 aromatic rings. The Morgan fingerprint density at radius 2 is 1.95 bits per heavy atom. The second-order valence-electron chi connectivity index (χ2n) is 4.67. The first-order valence-corrected chi connectivity index (χ1v) is 7.21. The van der Waals surface area contributed by atoms with Gasteiger partial charge in [-0.25, -0.2) is 0 Å². The molecule has 1 heterocycles. The highest BCUT2D eigenvalue weighted by Gasteiger charge is 2.14. The minimum absolute atomic E-state index is 0.0870. The first-order chi connectivity index (χ1) is 10.0. The second kappa shape index (κ2) is 6.58. The molecule has 0 aliphatic carbocycles. The Morgan fingerprint density at radius 3 is 2.48 bits per heavy atom. The predicted octanol–water partition coefficient (Wildman–Crippen LogP) is 2.41. The molecule has 0 fully saturated rings. The number of carbonyl (C=O) groups is 2. The van der Waals surface area contributed by atoms with Crippen molar-refractivity contribution in [3.8, 4) is 0 Å². The average Bonchev–Trinajstić information content (AvgIpc) is 2.93. The Kier molecular flexibility index (Phi) is 4.80. The van der Waals surface area contributed by atoms with Gasteiger partial charge in [0.25, 0.3) is 11.8 Å². The Bertz CT molecular complexity index is 649. The van der Waals surface area contributed by atoms with Crippen molar-refractivity contribution in [2.75, 3.05) is 14.1 Å². The van der Waals surface area contributed by atoms with E-state index in [0.29, 0.717) is 17.8 Å². The lowest BCUT2D eigenvalue weighted by Crippen LogP contribution is -2.26. The Morgan fingerprint density at radius 1 is 1.29 bits per heavy atom. The first-order valence-electron chi connectivity index (χ1n) is 6.41. The largest absolute Gasteiger partial charge is 0.356 e. The molecular weight excluding hydrogens is 334 g/mol. The molecule has 2 amide bonds. The lowest BCUT2D eigenvalue weighted by Gasteiger charge is -2.16. The highest BCUT2D eigenvalue weighted by atomic mass is 79.9. The van der Waals surface area contributed by atoms with E-state index >= 15 is 0 Å². The fourth-order valence-electron chi connectivity index (χ4n) is 1.95. The van der Waals surface area contributed by atoms with Crippen molar-refractivity contribution < 1.29 is 9.59 Å². The van der Waals surface area contributed by atoms with E-state index in [1.807, 2.05) is 12.1 Å². The highest BCUT2D eigenvalue weighted by molar-refractivity contribution is 9.10. The van der Waals surface area contributed by atoms with Gasteiger partial charge in [0.2, 0.25) is 0 Å². The lowest BCUT2D eigenvalue weighted by atomic mass is 10.1. The van der Waals surface area contributed by atoms with Crippen molar-refractivity contribution >= 4 is 27.7 Å². The molecule has 0 radical (unpaired) electrons. The molecule has 0 atom stereocenters. The number of aromatic amines is 1. The van der Waals surface area contributed by atoms with Gasteiger partial charge in [0.1, 0.15) is 5.69 Å². The second-order valence-corrected chi connectivity index (χ2v) is 5.58. The zero-order valence-electron chi connectivity index (χ0n) is 11.8. The third kappa shape index (κ3) is 3.72. The summed E-state index contributed by atoms with van der Waals surface area (Å²) >= 11 is 3.30. The maximum Gasteiger partial charge on any atom is 0.270 e. The molecule has 21 heavy (non-hydrogen) atoms. The third-order valence-electron chi connectivity index (χ3n) is 3.09. The van der Waals surface area contributed by atoms with Crippen LogP contribution in [-0.2, 0) is 6.54 Å². The van der Waals surface area contributed by atoms with Crippen molar-refractivity contribution in [2.45, 2.75) is 6.54 Å². The van der Waals surface area contributed by atoms with Crippen LogP contribution in [0.5, 0.6) is 0 Å². The quantitative estimate of drug-likeness (QED) is 0.889. The summed E-state index contributed by atoms with van der Waals surface area (Å²) in [7, 11) is 3.33. The molecule has 6 heteroatoms. The molecule has 5 nitrogen and oxygen atoms in total. The molecule has 1 aromatic heterocycles. The summed E-state index contributed by atoms with van der Waals surface area (Å²) < 4.78 is 0.842. The maximum absolute atomic E-state index is 12.2. The Labute approximate surface area is 131 Å². The summed E-state index contributed by atoms with van der Waals surface area (Å²) in [5.74, 6) is -0.210. The van der Waals surface area contributed by atoms with E-state index in [9.17, 15) is 9.59 Å². The molecule has 110 valence electrons. The van der Waals surface area contributed by atoms with Gasteiger partial charge in [-0.05, 0) is 39.7 Å². The van der Waals surface area contributed by atoms with E-state index < -0.39 is 0 Å². The summed E-state index contributed by atoms with van der Waals surface area (Å²) in [5.41, 5.74) is 2.10. The molecule has 0 saturated heterocycles. The standard InChI is InChI=1S/C15H16BrN3O2/c1-17-14(20)11-5-3-10(4-6-11)9-19(2)15(21)13-7-12(16)8-18-13/h3-8,18H,9H2,1-2H3,(H,17,20). The fourth-order valence-corrected chi connectivity index (χ4v) is 2.29. The van der Waals surface area contributed by atoms with Crippen molar-refractivity contribution in [3.63, 3.8) is 0 Å². The monoisotopic (exact) mass is 349 g/mol. The summed E-state index contributed by atoms with van der Waals surface area (Å²) in [5, 5.41) is 2.57. The number of rotatable bonds is 4. The molecule has 2 N–H and O–H groups in total. The van der Waals surface area contributed by atoms with Crippen LogP contribution in [0, 0.1) is 0 Å². The smallest absolute Gasteiger partial charge is 0.270 e. The van der Waals surface area contributed by atoms with Crippen LogP contribution in [0.4, 0.5) is 0 Å². The number of nitrogens with zero attached hydrogens (tertiary/aromatic N) is 1. The van der Waals surface area contributed by atoms with Gasteiger partial charge in [-0.2, -0.15) is 0 Å². The minimum Gasteiger partial charge on any atom is -0.356 e. The molecule has 0 aliphatic heterocycles. The number of benzene rings is 1. The zero-order chi connectivity index (χ0) is 15.4. The Balaban J connectivity index is 2.04. The molecule has 1 aromatic carbocycles. The van der Waals surface area contributed by atoms with Crippen molar-refractivity contribution in [2.24, 2.45) is 0 Å². The van der Waals surface area contributed by atoms with Crippen LogP contribution in [0.1, 0.15) is 26.4 Å². The molecule has 0 unspecified atom stereocenters. The highest BCUT2D eigenvalue weighted by Crippen LogP contribution is 2.13. The van der Waals surface area contributed by atoms with Gasteiger partial charge in [0, 0.05) is 36.9 Å². The molecule has 2 rings (SSSR count). The minimum atomic E-state index is -0.123. The van der Waals surface area contributed by atoms with Crippen LogP contribution in [0.2, 0.25) is 0 Å². The van der Waals surface area contributed by atoms with E-state index in [1.54, 1.807) is 43.4 Å². The summed E-state index contributed by atoms with van der Waals surface area (Å²) in [6.45, 7) is 0.476. The molecule has 0 bridgehead atoms. The summed E-state index contributed by atoms with van der Waals surface area (Å²) in [6, 6.07) is 8.93. The summed E-state index contributed by atoms with van der Waals surface area (Å²) in [6.07, 6.45) is 1.72. The average molecular weight is 350 g/mol. The number of H-pyrrole nitrogens is 1. The molecule has 0 aliphatic rings. The molecule has 0 saturated carbocycles. The number of hydrogen-bond donors (Lipinski definition) is 2. The van der Waals surface area contributed by atoms with Gasteiger partial charge in [0.15, 0.2) is 0 Å². The molecular formula is C15H16BrN3O2. The van der Waals surface area contributed by atoms with Crippen molar-refractivity contribution in [1.82, 2.24) is 15.2 Å². The van der Waals surface area contributed by atoms with Gasteiger partial charge in [-0.3, -0.25) is 9.59 Å². The lowest BCUT2D eigenvalue weighted by molar-refractivity contribution is 0.0779.